The monoisotopic (exact) mass is 279 g/mol. The zero-order valence-electron chi connectivity index (χ0n) is 12.5. The number of para-hydroxylation sites is 1. The maximum absolute atomic E-state index is 12.5. The number of carbonyl (C=O) groups excluding carboxylic acids is 1. The zero-order chi connectivity index (χ0) is 14.7. The fourth-order valence-electron chi connectivity index (χ4n) is 3.02. The quantitative estimate of drug-likeness (QED) is 0.791. The lowest BCUT2D eigenvalue weighted by molar-refractivity contribution is 0.0999. The van der Waals surface area contributed by atoms with Gasteiger partial charge in [-0.05, 0) is 43.9 Å². The van der Waals surface area contributed by atoms with Crippen molar-refractivity contribution in [2.45, 2.75) is 26.2 Å². The summed E-state index contributed by atoms with van der Waals surface area (Å²) in [7, 11) is 0. The molecule has 3 rings (SSSR count). The van der Waals surface area contributed by atoms with Gasteiger partial charge in [0.1, 0.15) is 0 Å². The molecule has 1 heterocycles. The van der Waals surface area contributed by atoms with Crippen LogP contribution in [0.1, 0.15) is 34.3 Å². The zero-order valence-corrected chi connectivity index (χ0v) is 12.5. The van der Waals surface area contributed by atoms with E-state index in [1.807, 2.05) is 31.2 Å². The average molecular weight is 279 g/mol. The van der Waals surface area contributed by atoms with Gasteiger partial charge in [-0.1, -0.05) is 42.0 Å². The van der Waals surface area contributed by atoms with Gasteiger partial charge >= 0.3 is 0 Å². The molecule has 0 saturated carbocycles. The van der Waals surface area contributed by atoms with Crippen LogP contribution < -0.4 is 4.90 Å². The van der Waals surface area contributed by atoms with Gasteiger partial charge in [0.15, 0.2) is 5.78 Å². The summed E-state index contributed by atoms with van der Waals surface area (Å²) >= 11 is 0. The van der Waals surface area contributed by atoms with Crippen LogP contribution in [0.3, 0.4) is 0 Å². The van der Waals surface area contributed by atoms with Crippen molar-refractivity contribution in [2.75, 3.05) is 18.0 Å². The van der Waals surface area contributed by atoms with Crippen LogP contribution in [0, 0.1) is 6.92 Å². The van der Waals surface area contributed by atoms with Gasteiger partial charge < -0.3 is 4.90 Å². The third-order valence-corrected chi connectivity index (χ3v) is 4.13. The van der Waals surface area contributed by atoms with Crippen molar-refractivity contribution in [3.8, 4) is 0 Å². The SMILES string of the molecule is Cc1cccc(C(=O)CN2CCCCc3ccccc32)c1. The van der Waals surface area contributed by atoms with E-state index in [4.69, 9.17) is 0 Å². The molecule has 2 nitrogen and oxygen atoms in total. The second-order valence-electron chi connectivity index (χ2n) is 5.80. The molecule has 0 amide bonds. The van der Waals surface area contributed by atoms with Crippen molar-refractivity contribution in [1.29, 1.82) is 0 Å². The smallest absolute Gasteiger partial charge is 0.182 e. The fraction of sp³-hybridized carbons (Fsp3) is 0.316. The Morgan fingerprint density at radius 3 is 2.81 bits per heavy atom. The van der Waals surface area contributed by atoms with Gasteiger partial charge in [-0.2, -0.15) is 0 Å². The number of aryl methyl sites for hydroxylation is 2. The van der Waals surface area contributed by atoms with Gasteiger partial charge in [-0.3, -0.25) is 4.79 Å². The van der Waals surface area contributed by atoms with Crippen LogP contribution in [0.15, 0.2) is 48.5 Å². The molecule has 2 aromatic carbocycles. The van der Waals surface area contributed by atoms with Crippen LogP contribution >= 0.6 is 0 Å². The molecule has 21 heavy (non-hydrogen) atoms. The Kier molecular flexibility index (Phi) is 4.05. The Balaban J connectivity index is 1.83. The summed E-state index contributed by atoms with van der Waals surface area (Å²) in [6.45, 7) is 3.47. The first-order valence-electron chi connectivity index (χ1n) is 7.67. The summed E-state index contributed by atoms with van der Waals surface area (Å²) < 4.78 is 0. The highest BCUT2D eigenvalue weighted by Crippen LogP contribution is 2.26. The summed E-state index contributed by atoms with van der Waals surface area (Å²) in [5.74, 6) is 0.204. The highest BCUT2D eigenvalue weighted by atomic mass is 16.1. The van der Waals surface area contributed by atoms with Crippen molar-refractivity contribution >= 4 is 11.5 Å². The lowest BCUT2D eigenvalue weighted by Crippen LogP contribution is -2.30. The van der Waals surface area contributed by atoms with Crippen LogP contribution in [0.4, 0.5) is 5.69 Å². The predicted molar refractivity (Wildman–Crippen MR) is 87.1 cm³/mol. The minimum Gasteiger partial charge on any atom is -0.364 e. The third-order valence-electron chi connectivity index (χ3n) is 4.13. The minimum atomic E-state index is 0.204. The van der Waals surface area contributed by atoms with Crippen molar-refractivity contribution in [3.63, 3.8) is 0 Å². The summed E-state index contributed by atoms with van der Waals surface area (Å²) in [4.78, 5) is 14.8. The number of hydrogen-bond acceptors (Lipinski definition) is 2. The molecule has 1 aliphatic rings. The summed E-state index contributed by atoms with van der Waals surface area (Å²) in [5, 5.41) is 0. The molecule has 108 valence electrons. The molecule has 0 bridgehead atoms. The number of hydrogen-bond donors (Lipinski definition) is 0. The molecular formula is C19H21NO. The normalized spacial score (nSPS) is 14.4. The van der Waals surface area contributed by atoms with Gasteiger partial charge in [0.2, 0.25) is 0 Å². The maximum atomic E-state index is 12.5. The molecule has 0 saturated heterocycles. The number of rotatable bonds is 3. The lowest BCUT2D eigenvalue weighted by atomic mass is 10.1. The first kappa shape index (κ1) is 13.9. The Bertz CT molecular complexity index is 648. The van der Waals surface area contributed by atoms with Gasteiger partial charge in [0.25, 0.3) is 0 Å². The first-order valence-corrected chi connectivity index (χ1v) is 7.67. The van der Waals surface area contributed by atoms with Gasteiger partial charge in [-0.25, -0.2) is 0 Å². The van der Waals surface area contributed by atoms with Crippen molar-refractivity contribution in [1.82, 2.24) is 0 Å². The topological polar surface area (TPSA) is 20.3 Å². The van der Waals surface area contributed by atoms with E-state index in [1.54, 1.807) is 0 Å². The number of anilines is 1. The first-order chi connectivity index (χ1) is 10.2. The Morgan fingerprint density at radius 2 is 1.95 bits per heavy atom. The number of benzene rings is 2. The minimum absolute atomic E-state index is 0.204. The van der Waals surface area contributed by atoms with Crippen molar-refractivity contribution in [2.24, 2.45) is 0 Å². The van der Waals surface area contributed by atoms with Gasteiger partial charge in [0.05, 0.1) is 6.54 Å². The Hall–Kier alpha value is -2.09. The van der Waals surface area contributed by atoms with Crippen LogP contribution in [0.2, 0.25) is 0 Å². The average Bonchev–Trinajstić information content (AvgIpc) is 2.70. The van der Waals surface area contributed by atoms with Crippen LogP contribution in [0.5, 0.6) is 0 Å². The van der Waals surface area contributed by atoms with Gasteiger partial charge in [0, 0.05) is 17.8 Å². The molecule has 2 heteroatoms. The number of nitrogens with zero attached hydrogens (tertiary/aromatic N) is 1. The largest absolute Gasteiger partial charge is 0.364 e. The second-order valence-corrected chi connectivity index (χ2v) is 5.80. The summed E-state index contributed by atoms with van der Waals surface area (Å²) in [5.41, 5.74) is 4.55. The standard InChI is InChI=1S/C19H21NO/c1-15-7-6-10-17(13-15)19(21)14-20-12-5-4-9-16-8-2-3-11-18(16)20/h2-3,6-8,10-11,13H,4-5,9,12,14H2,1H3. The maximum Gasteiger partial charge on any atom is 0.182 e. The van der Waals surface area contributed by atoms with Crippen LogP contribution in [-0.4, -0.2) is 18.9 Å². The van der Waals surface area contributed by atoms with Crippen LogP contribution in [0.25, 0.3) is 0 Å². The highest BCUT2D eigenvalue weighted by molar-refractivity contribution is 5.99. The molecule has 0 fully saturated rings. The van der Waals surface area contributed by atoms with Crippen LogP contribution in [-0.2, 0) is 6.42 Å². The predicted octanol–water partition coefficient (Wildman–Crippen LogP) is 4.02. The third kappa shape index (κ3) is 3.15. The molecule has 0 radical (unpaired) electrons. The van der Waals surface area contributed by atoms with E-state index in [2.05, 4.69) is 29.2 Å². The van der Waals surface area contributed by atoms with Crippen molar-refractivity contribution < 1.29 is 4.79 Å². The van der Waals surface area contributed by atoms with E-state index in [0.717, 1.165) is 30.5 Å². The van der Waals surface area contributed by atoms with E-state index in [-0.39, 0.29) is 5.78 Å². The Morgan fingerprint density at radius 1 is 1.10 bits per heavy atom. The number of fused-ring (bicyclic) bond motifs is 1. The van der Waals surface area contributed by atoms with E-state index < -0.39 is 0 Å². The fourth-order valence-corrected chi connectivity index (χ4v) is 3.02. The molecule has 0 atom stereocenters. The van der Waals surface area contributed by atoms with E-state index in [9.17, 15) is 4.79 Å². The molecule has 0 unspecified atom stereocenters. The lowest BCUT2D eigenvalue weighted by Gasteiger charge is -2.24. The molecule has 0 aromatic heterocycles. The van der Waals surface area contributed by atoms with E-state index in [0.29, 0.717) is 6.54 Å². The number of carbonyl (C=O) groups is 1. The molecule has 1 aliphatic heterocycles. The summed E-state index contributed by atoms with van der Waals surface area (Å²) in [6, 6.07) is 16.4. The van der Waals surface area contributed by atoms with Gasteiger partial charge in [-0.15, -0.1) is 0 Å². The number of ketones is 1. The molecule has 0 spiro atoms. The van der Waals surface area contributed by atoms with E-state index in [1.165, 1.54) is 17.7 Å². The summed E-state index contributed by atoms with van der Waals surface area (Å²) in [6.07, 6.45) is 3.47. The number of Topliss-reactive ketones (excluding diaryl/α,β-unsaturated/α-hetero) is 1. The molecular weight excluding hydrogens is 258 g/mol. The Labute approximate surface area is 126 Å². The molecule has 0 aliphatic carbocycles. The van der Waals surface area contributed by atoms with Crippen molar-refractivity contribution in [3.05, 3.63) is 65.2 Å². The molecule has 2 aromatic rings. The van der Waals surface area contributed by atoms with E-state index >= 15 is 0 Å². The molecule has 0 N–H and O–H groups in total. The second kappa shape index (κ2) is 6.13. The highest BCUT2D eigenvalue weighted by Gasteiger charge is 2.18.